The van der Waals surface area contributed by atoms with Gasteiger partial charge in [0.05, 0.1) is 5.69 Å². The molecule has 2 rings (SSSR count). The number of carbonyl (C=O) groups is 2. The van der Waals surface area contributed by atoms with Gasteiger partial charge in [-0.1, -0.05) is 0 Å². The van der Waals surface area contributed by atoms with Crippen molar-refractivity contribution in [3.05, 3.63) is 24.0 Å². The van der Waals surface area contributed by atoms with Gasteiger partial charge in [-0.05, 0) is 18.2 Å². The summed E-state index contributed by atoms with van der Waals surface area (Å²) in [6, 6.07) is 3.65. The number of nitrogens with zero attached hydrogens (tertiary/aromatic N) is 1. The standard InChI is InChI=1S/C11H13FN4O2/c12-8-2-1-7(5-9(8)13)15-10(17)6-16-4-3-14-11(16)18/h1-2,5H,3-4,6,13H2,(H,14,18)(H,15,17). The number of nitrogen functional groups attached to an aromatic ring is 1. The van der Waals surface area contributed by atoms with E-state index in [2.05, 4.69) is 10.6 Å². The summed E-state index contributed by atoms with van der Waals surface area (Å²) in [5, 5.41) is 5.14. The lowest BCUT2D eigenvalue weighted by molar-refractivity contribution is -0.116. The number of benzene rings is 1. The Morgan fingerprint density at radius 1 is 1.56 bits per heavy atom. The maximum Gasteiger partial charge on any atom is 0.317 e. The van der Waals surface area contributed by atoms with Crippen LogP contribution in [0, 0.1) is 5.82 Å². The Morgan fingerprint density at radius 2 is 2.33 bits per heavy atom. The molecule has 1 heterocycles. The quantitative estimate of drug-likeness (QED) is 0.679. The first-order valence-electron chi connectivity index (χ1n) is 5.44. The van der Waals surface area contributed by atoms with Gasteiger partial charge in [0.25, 0.3) is 0 Å². The fourth-order valence-corrected chi connectivity index (χ4v) is 1.66. The molecule has 3 amide bonds. The van der Waals surface area contributed by atoms with Crippen LogP contribution in [-0.2, 0) is 4.79 Å². The van der Waals surface area contributed by atoms with Crippen LogP contribution >= 0.6 is 0 Å². The molecule has 1 aliphatic heterocycles. The minimum atomic E-state index is -0.535. The molecule has 0 aromatic heterocycles. The van der Waals surface area contributed by atoms with Gasteiger partial charge in [-0.3, -0.25) is 4.79 Å². The average molecular weight is 252 g/mol. The van der Waals surface area contributed by atoms with Crippen molar-refractivity contribution >= 4 is 23.3 Å². The van der Waals surface area contributed by atoms with Crippen LogP contribution in [0.5, 0.6) is 0 Å². The Kier molecular flexibility index (Phi) is 3.31. The zero-order valence-electron chi connectivity index (χ0n) is 9.57. The molecule has 1 aromatic carbocycles. The molecule has 1 saturated heterocycles. The van der Waals surface area contributed by atoms with Crippen molar-refractivity contribution in [1.82, 2.24) is 10.2 Å². The predicted molar refractivity (Wildman–Crippen MR) is 64.4 cm³/mol. The maximum atomic E-state index is 12.9. The van der Waals surface area contributed by atoms with E-state index in [1.807, 2.05) is 0 Å². The molecular weight excluding hydrogens is 239 g/mol. The van der Waals surface area contributed by atoms with Crippen LogP contribution in [-0.4, -0.2) is 36.5 Å². The highest BCUT2D eigenvalue weighted by Gasteiger charge is 2.21. The number of amides is 3. The lowest BCUT2D eigenvalue weighted by atomic mass is 10.2. The van der Waals surface area contributed by atoms with E-state index in [0.717, 1.165) is 0 Å². The topological polar surface area (TPSA) is 87.5 Å². The van der Waals surface area contributed by atoms with Crippen molar-refractivity contribution < 1.29 is 14.0 Å². The summed E-state index contributed by atoms with van der Waals surface area (Å²) >= 11 is 0. The summed E-state index contributed by atoms with van der Waals surface area (Å²) in [4.78, 5) is 24.3. The second-order valence-electron chi connectivity index (χ2n) is 3.94. The molecule has 0 bridgehead atoms. The minimum Gasteiger partial charge on any atom is -0.396 e. The summed E-state index contributed by atoms with van der Waals surface area (Å²) in [7, 11) is 0. The third-order valence-electron chi connectivity index (χ3n) is 2.56. The number of hydrogen-bond acceptors (Lipinski definition) is 3. The molecule has 18 heavy (non-hydrogen) atoms. The highest BCUT2D eigenvalue weighted by atomic mass is 19.1. The van der Waals surface area contributed by atoms with Crippen LogP contribution in [0.3, 0.4) is 0 Å². The molecule has 0 radical (unpaired) electrons. The van der Waals surface area contributed by atoms with E-state index >= 15 is 0 Å². The number of anilines is 2. The van der Waals surface area contributed by atoms with Gasteiger partial charge >= 0.3 is 6.03 Å². The number of halogens is 1. The highest BCUT2D eigenvalue weighted by molar-refractivity contribution is 5.95. The van der Waals surface area contributed by atoms with Gasteiger partial charge in [0, 0.05) is 18.8 Å². The van der Waals surface area contributed by atoms with Crippen LogP contribution in [0.1, 0.15) is 0 Å². The Bertz CT molecular complexity index is 492. The lowest BCUT2D eigenvalue weighted by Crippen LogP contribution is -2.35. The zero-order chi connectivity index (χ0) is 13.1. The predicted octanol–water partition coefficient (Wildman–Crippen LogP) is 0.372. The molecule has 7 heteroatoms. The Labute approximate surface area is 103 Å². The van der Waals surface area contributed by atoms with Crippen molar-refractivity contribution in [1.29, 1.82) is 0 Å². The molecule has 1 aromatic rings. The van der Waals surface area contributed by atoms with Crippen molar-refractivity contribution in [2.24, 2.45) is 0 Å². The first-order valence-corrected chi connectivity index (χ1v) is 5.44. The Balaban J connectivity index is 1.94. The summed E-state index contributed by atoms with van der Waals surface area (Å²) in [5.74, 6) is -0.884. The van der Waals surface area contributed by atoms with Crippen LogP contribution in [0.4, 0.5) is 20.6 Å². The van der Waals surface area contributed by atoms with Crippen LogP contribution in [0.15, 0.2) is 18.2 Å². The molecular formula is C11H13FN4O2. The van der Waals surface area contributed by atoms with E-state index in [-0.39, 0.29) is 24.2 Å². The second kappa shape index (κ2) is 4.91. The van der Waals surface area contributed by atoms with Crippen molar-refractivity contribution in [2.75, 3.05) is 30.7 Å². The molecule has 96 valence electrons. The molecule has 1 aliphatic rings. The summed E-state index contributed by atoms with van der Waals surface area (Å²) in [6.45, 7) is 0.997. The first kappa shape index (κ1) is 12.2. The fraction of sp³-hybridized carbons (Fsp3) is 0.273. The largest absolute Gasteiger partial charge is 0.396 e. The number of carbonyl (C=O) groups excluding carboxylic acids is 2. The highest BCUT2D eigenvalue weighted by Crippen LogP contribution is 2.16. The van der Waals surface area contributed by atoms with E-state index in [9.17, 15) is 14.0 Å². The van der Waals surface area contributed by atoms with Crippen LogP contribution < -0.4 is 16.4 Å². The summed E-state index contributed by atoms with van der Waals surface area (Å²) in [5.41, 5.74) is 5.75. The molecule has 0 aliphatic carbocycles. The molecule has 0 atom stereocenters. The fourth-order valence-electron chi connectivity index (χ4n) is 1.66. The van der Waals surface area contributed by atoms with Gasteiger partial charge in [0.1, 0.15) is 12.4 Å². The van der Waals surface area contributed by atoms with Crippen LogP contribution in [0.25, 0.3) is 0 Å². The van der Waals surface area contributed by atoms with E-state index in [0.29, 0.717) is 18.8 Å². The molecule has 0 saturated carbocycles. The number of hydrogen-bond donors (Lipinski definition) is 3. The normalized spacial score (nSPS) is 14.5. The van der Waals surface area contributed by atoms with E-state index < -0.39 is 5.82 Å². The molecule has 0 unspecified atom stereocenters. The monoisotopic (exact) mass is 252 g/mol. The second-order valence-corrected chi connectivity index (χ2v) is 3.94. The van der Waals surface area contributed by atoms with Crippen LogP contribution in [0.2, 0.25) is 0 Å². The summed E-state index contributed by atoms with van der Waals surface area (Å²) in [6.07, 6.45) is 0. The molecule has 6 nitrogen and oxygen atoms in total. The van der Waals surface area contributed by atoms with Crippen molar-refractivity contribution in [3.8, 4) is 0 Å². The lowest BCUT2D eigenvalue weighted by Gasteiger charge is -2.13. The number of nitrogens with two attached hydrogens (primary N) is 1. The van der Waals surface area contributed by atoms with Gasteiger partial charge in [0.15, 0.2) is 0 Å². The molecule has 4 N–H and O–H groups in total. The first-order chi connectivity index (χ1) is 8.56. The maximum absolute atomic E-state index is 12.9. The van der Waals surface area contributed by atoms with Gasteiger partial charge in [-0.2, -0.15) is 0 Å². The molecule has 0 spiro atoms. The third-order valence-corrected chi connectivity index (χ3v) is 2.56. The zero-order valence-corrected chi connectivity index (χ0v) is 9.57. The average Bonchev–Trinajstić information content (AvgIpc) is 2.70. The Morgan fingerprint density at radius 3 is 2.94 bits per heavy atom. The number of rotatable bonds is 3. The number of nitrogens with one attached hydrogen (secondary N) is 2. The van der Waals surface area contributed by atoms with E-state index in [1.54, 1.807) is 0 Å². The Hall–Kier alpha value is -2.31. The smallest absolute Gasteiger partial charge is 0.317 e. The number of urea groups is 1. The SMILES string of the molecule is Nc1cc(NC(=O)CN2CCNC2=O)ccc1F. The van der Waals surface area contributed by atoms with E-state index in [1.165, 1.54) is 23.1 Å². The van der Waals surface area contributed by atoms with E-state index in [4.69, 9.17) is 5.73 Å². The van der Waals surface area contributed by atoms with Gasteiger partial charge in [-0.25, -0.2) is 9.18 Å². The van der Waals surface area contributed by atoms with Gasteiger partial charge < -0.3 is 21.3 Å². The van der Waals surface area contributed by atoms with Crippen molar-refractivity contribution in [3.63, 3.8) is 0 Å². The van der Waals surface area contributed by atoms with Gasteiger partial charge in [-0.15, -0.1) is 0 Å². The molecule has 1 fully saturated rings. The van der Waals surface area contributed by atoms with Gasteiger partial charge in [0.2, 0.25) is 5.91 Å². The van der Waals surface area contributed by atoms with Crippen molar-refractivity contribution in [2.45, 2.75) is 0 Å². The third kappa shape index (κ3) is 2.68. The minimum absolute atomic E-state index is 0.0354. The summed E-state index contributed by atoms with van der Waals surface area (Å²) < 4.78 is 12.9.